The topological polar surface area (TPSA) is 69.5 Å². The van der Waals surface area contributed by atoms with Gasteiger partial charge in [0.1, 0.15) is 11.4 Å². The van der Waals surface area contributed by atoms with Crippen LogP contribution < -0.4 is 0 Å². The van der Waals surface area contributed by atoms with E-state index in [-0.39, 0.29) is 5.91 Å². The third-order valence-electron chi connectivity index (χ3n) is 5.50. The maximum absolute atomic E-state index is 14.5. The monoisotopic (exact) mass is 364 g/mol. The van der Waals surface area contributed by atoms with Crippen molar-refractivity contribution < 1.29 is 18.5 Å². The highest BCUT2D eigenvalue weighted by Gasteiger charge is 2.53. The molecule has 0 aromatic carbocycles. The number of halogens is 1. The fourth-order valence-electron chi connectivity index (χ4n) is 3.17. The van der Waals surface area contributed by atoms with Gasteiger partial charge in [-0.15, -0.1) is 5.10 Å². The molecule has 3 heterocycles. The molecule has 2 fully saturated rings. The zero-order chi connectivity index (χ0) is 19.1. The highest BCUT2D eigenvalue weighted by molar-refractivity contribution is 6.54. The highest BCUT2D eigenvalue weighted by atomic mass is 19.1. The van der Waals surface area contributed by atoms with E-state index in [1.165, 1.54) is 6.08 Å². The molecular formula is C17H26BFN4O3. The van der Waals surface area contributed by atoms with Gasteiger partial charge >= 0.3 is 7.12 Å². The van der Waals surface area contributed by atoms with Crippen molar-refractivity contribution in [2.24, 2.45) is 5.92 Å². The summed E-state index contributed by atoms with van der Waals surface area (Å²) in [5, 5.41) is 8.06. The second-order valence-electron chi connectivity index (χ2n) is 8.10. The van der Waals surface area contributed by atoms with E-state index in [0.717, 1.165) is 19.5 Å². The molecule has 0 radical (unpaired) electrons. The number of carbonyl (C=O) groups is 1. The van der Waals surface area contributed by atoms with E-state index in [1.807, 2.05) is 32.6 Å². The lowest BCUT2D eigenvalue weighted by atomic mass is 9.87. The lowest BCUT2D eigenvalue weighted by Crippen LogP contribution is -2.41. The molecule has 26 heavy (non-hydrogen) atoms. The fourth-order valence-corrected chi connectivity index (χ4v) is 3.17. The number of carbonyl (C=O) groups excluding carboxylic acids is 1. The Morgan fingerprint density at radius 3 is 2.62 bits per heavy atom. The summed E-state index contributed by atoms with van der Waals surface area (Å²) in [4.78, 5) is 13.2. The molecule has 0 bridgehead atoms. The quantitative estimate of drug-likeness (QED) is 0.766. The average Bonchev–Trinajstić information content (AvgIpc) is 3.20. The van der Waals surface area contributed by atoms with Gasteiger partial charge < -0.3 is 14.2 Å². The van der Waals surface area contributed by atoms with Crippen LogP contribution in [0, 0.1) is 5.92 Å². The van der Waals surface area contributed by atoms with Crippen LogP contribution in [-0.2, 0) is 20.6 Å². The molecule has 0 saturated carbocycles. The summed E-state index contributed by atoms with van der Waals surface area (Å²) in [5.41, 5.74) is -1.30. The van der Waals surface area contributed by atoms with Crippen molar-refractivity contribution in [1.82, 2.24) is 19.9 Å². The molecule has 3 rings (SSSR count). The van der Waals surface area contributed by atoms with Crippen LogP contribution in [0.4, 0.5) is 4.39 Å². The molecular weight excluding hydrogens is 338 g/mol. The van der Waals surface area contributed by atoms with Gasteiger partial charge in [0.05, 0.1) is 17.4 Å². The Labute approximate surface area is 153 Å². The van der Waals surface area contributed by atoms with E-state index in [0.29, 0.717) is 18.2 Å². The second-order valence-corrected chi connectivity index (χ2v) is 8.10. The first kappa shape index (κ1) is 19.0. The predicted molar refractivity (Wildman–Crippen MR) is 95.6 cm³/mol. The molecule has 1 amide bonds. The summed E-state index contributed by atoms with van der Waals surface area (Å²) in [6.45, 7) is 11.2. The molecule has 1 aromatic rings. The zero-order valence-electron chi connectivity index (χ0n) is 16.0. The summed E-state index contributed by atoms with van der Waals surface area (Å²) in [6, 6.07) is 0. The van der Waals surface area contributed by atoms with Gasteiger partial charge in [0.15, 0.2) is 0 Å². The Hall–Kier alpha value is -1.74. The largest absolute Gasteiger partial charge is 0.525 e. The van der Waals surface area contributed by atoms with Crippen molar-refractivity contribution in [3.05, 3.63) is 17.6 Å². The number of aromatic nitrogens is 3. The molecule has 1 aromatic heterocycles. The van der Waals surface area contributed by atoms with Crippen molar-refractivity contribution in [2.45, 2.75) is 58.8 Å². The van der Waals surface area contributed by atoms with Crippen LogP contribution in [0.25, 0.3) is 6.08 Å². The smallest absolute Gasteiger partial charge is 0.398 e. The Balaban J connectivity index is 1.62. The van der Waals surface area contributed by atoms with Gasteiger partial charge in [-0.3, -0.25) is 9.48 Å². The van der Waals surface area contributed by atoms with Crippen LogP contribution in [0.5, 0.6) is 0 Å². The van der Waals surface area contributed by atoms with Gasteiger partial charge in [-0.1, -0.05) is 5.21 Å². The summed E-state index contributed by atoms with van der Waals surface area (Å²) < 4.78 is 27.6. The lowest BCUT2D eigenvalue weighted by molar-refractivity contribution is -0.127. The van der Waals surface area contributed by atoms with Gasteiger partial charge in [0.2, 0.25) is 5.91 Å². The summed E-state index contributed by atoms with van der Waals surface area (Å²) in [5.74, 6) is 0.435. The number of likely N-dealkylation sites (tertiary alicyclic amines) is 1. The lowest BCUT2D eigenvalue weighted by Gasteiger charge is -2.32. The van der Waals surface area contributed by atoms with Gasteiger partial charge in [0.25, 0.3) is 0 Å². The summed E-state index contributed by atoms with van der Waals surface area (Å²) >= 11 is 0. The van der Waals surface area contributed by atoms with Crippen LogP contribution in [0.3, 0.4) is 0 Å². The van der Waals surface area contributed by atoms with Crippen molar-refractivity contribution in [1.29, 1.82) is 0 Å². The fraction of sp³-hybridized carbons (Fsp3) is 0.706. The van der Waals surface area contributed by atoms with Crippen LogP contribution in [0.1, 0.15) is 46.7 Å². The Morgan fingerprint density at radius 1 is 1.38 bits per heavy atom. The summed E-state index contributed by atoms with van der Waals surface area (Å²) in [7, 11) is -1.04. The molecule has 7 nitrogen and oxygen atoms in total. The van der Waals surface area contributed by atoms with Crippen LogP contribution in [0.2, 0.25) is 0 Å². The van der Waals surface area contributed by atoms with Crippen molar-refractivity contribution in [3.8, 4) is 0 Å². The maximum Gasteiger partial charge on any atom is 0.525 e. The van der Waals surface area contributed by atoms with Gasteiger partial charge in [-0.2, -0.15) is 0 Å². The second kappa shape index (κ2) is 6.77. The number of hydrogen-bond donors (Lipinski definition) is 0. The van der Waals surface area contributed by atoms with Crippen LogP contribution in [0.15, 0.2) is 11.9 Å². The molecule has 142 valence electrons. The van der Waals surface area contributed by atoms with Gasteiger partial charge in [0, 0.05) is 26.6 Å². The van der Waals surface area contributed by atoms with E-state index in [2.05, 4.69) is 10.3 Å². The molecule has 2 aliphatic rings. The highest BCUT2D eigenvalue weighted by Crippen LogP contribution is 2.38. The predicted octanol–water partition coefficient (Wildman–Crippen LogP) is 2.09. The first-order valence-electron chi connectivity index (χ1n) is 8.96. The molecule has 2 aliphatic heterocycles. The molecule has 2 saturated heterocycles. The van der Waals surface area contributed by atoms with Crippen molar-refractivity contribution >= 4 is 19.1 Å². The zero-order valence-corrected chi connectivity index (χ0v) is 16.0. The van der Waals surface area contributed by atoms with Crippen LogP contribution in [-0.4, -0.2) is 57.2 Å². The Kier molecular flexibility index (Phi) is 4.96. The van der Waals surface area contributed by atoms with E-state index in [1.54, 1.807) is 17.8 Å². The average molecular weight is 364 g/mol. The minimum Gasteiger partial charge on any atom is -0.398 e. The Bertz CT molecular complexity index is 703. The van der Waals surface area contributed by atoms with E-state index >= 15 is 0 Å². The number of hydrogen-bond acceptors (Lipinski definition) is 5. The summed E-state index contributed by atoms with van der Waals surface area (Å²) in [6.07, 6.45) is 3.93. The molecule has 9 heteroatoms. The van der Waals surface area contributed by atoms with E-state index in [4.69, 9.17) is 9.31 Å². The van der Waals surface area contributed by atoms with Crippen molar-refractivity contribution in [3.63, 3.8) is 0 Å². The molecule has 1 atom stereocenters. The van der Waals surface area contributed by atoms with Crippen LogP contribution >= 0.6 is 0 Å². The van der Waals surface area contributed by atoms with E-state index in [9.17, 15) is 9.18 Å². The number of nitrogens with zero attached hydrogens (tertiary/aromatic N) is 4. The van der Waals surface area contributed by atoms with Crippen molar-refractivity contribution in [2.75, 3.05) is 13.1 Å². The third kappa shape index (κ3) is 3.83. The standard InChI is InChI=1S/C17H26BFN4O3/c1-12(24)22-7-6-13(9-22)10-23-11-14(20-21-23)8-15(19)18-25-16(2,3)17(4,5)26-18/h8,11,13H,6-7,9-10H2,1-5H3. The maximum atomic E-state index is 14.5. The van der Waals surface area contributed by atoms with E-state index < -0.39 is 24.0 Å². The SMILES string of the molecule is CC(=O)N1CCC(Cn2cc(C=C(F)B3OC(C)(C)C(C)(C)O3)nn2)C1. The molecule has 0 aliphatic carbocycles. The van der Waals surface area contributed by atoms with Gasteiger partial charge in [-0.25, -0.2) is 4.39 Å². The Morgan fingerprint density at radius 2 is 2.04 bits per heavy atom. The number of rotatable bonds is 4. The third-order valence-corrected chi connectivity index (χ3v) is 5.50. The normalized spacial score (nSPS) is 25.2. The first-order chi connectivity index (χ1) is 12.1. The molecule has 0 N–H and O–H groups in total. The molecule has 1 unspecified atom stereocenters. The molecule has 0 spiro atoms. The minimum atomic E-state index is -1.04. The first-order valence-corrected chi connectivity index (χ1v) is 8.96. The van der Waals surface area contributed by atoms with Gasteiger partial charge in [-0.05, 0) is 46.1 Å². The minimum absolute atomic E-state index is 0.0965. The number of amides is 1.